The lowest BCUT2D eigenvalue weighted by atomic mass is 9.75. The van der Waals surface area contributed by atoms with Crippen LogP contribution in [0.2, 0.25) is 0 Å². The Labute approximate surface area is 217 Å². The highest BCUT2D eigenvalue weighted by atomic mass is 35.5. The monoisotopic (exact) mass is 584 g/mol. The minimum atomic E-state index is -3.27. The maximum Gasteiger partial charge on any atom is 0.433 e. The molecular weight excluding hydrogens is 565 g/mol. The maximum absolute atomic E-state index is 11.2. The number of carbonyl (C=O) groups is 1. The van der Waals surface area contributed by atoms with Gasteiger partial charge in [0.1, 0.15) is 14.5 Å². The van der Waals surface area contributed by atoms with E-state index in [1.807, 2.05) is 0 Å². The molecule has 4 bridgehead atoms. The van der Waals surface area contributed by atoms with E-state index in [0.717, 1.165) is 18.9 Å². The Balaban J connectivity index is 0.000000189. The zero-order chi connectivity index (χ0) is 24.5. The molecule has 1 amide bonds. The lowest BCUT2D eigenvalue weighted by Crippen LogP contribution is -2.46. The van der Waals surface area contributed by atoms with Crippen molar-refractivity contribution < 1.29 is 18.0 Å². The zero-order valence-electron chi connectivity index (χ0n) is 17.5. The van der Waals surface area contributed by atoms with Crippen molar-refractivity contribution in [3.63, 3.8) is 0 Å². The quantitative estimate of drug-likeness (QED) is 0.119. The van der Waals surface area contributed by atoms with Gasteiger partial charge in [-0.15, -0.1) is 23.2 Å². The largest absolute Gasteiger partial charge is 0.433 e. The van der Waals surface area contributed by atoms with Crippen molar-refractivity contribution in [1.82, 2.24) is 5.32 Å². The van der Waals surface area contributed by atoms with E-state index in [4.69, 9.17) is 69.6 Å². The van der Waals surface area contributed by atoms with Crippen molar-refractivity contribution in [2.75, 3.05) is 13.3 Å². The molecule has 2 fully saturated rings. The van der Waals surface area contributed by atoms with Gasteiger partial charge in [-0.05, 0) is 43.9 Å². The molecule has 0 aromatic heterocycles. The molecule has 13 heteroatoms. The molecular formula is C19H22Cl6N2O4S. The number of amides is 1. The van der Waals surface area contributed by atoms with Crippen LogP contribution in [-0.2, 0) is 14.7 Å². The van der Waals surface area contributed by atoms with E-state index in [2.05, 4.69) is 27.5 Å². The number of nitrogens with zero attached hydrogens (tertiary/aromatic N) is 1. The van der Waals surface area contributed by atoms with Gasteiger partial charge in [0.15, 0.2) is 14.2 Å². The Morgan fingerprint density at radius 2 is 1.56 bits per heavy atom. The van der Waals surface area contributed by atoms with Crippen molar-refractivity contribution in [3.8, 4) is 0 Å². The van der Waals surface area contributed by atoms with E-state index < -0.39 is 34.8 Å². The number of nitrogens with one attached hydrogen (secondary N) is 1. The summed E-state index contributed by atoms with van der Waals surface area (Å²) in [6.07, 6.45) is 6.80. The fourth-order valence-corrected chi connectivity index (χ4v) is 8.19. The average molecular weight is 587 g/mol. The van der Waals surface area contributed by atoms with E-state index in [9.17, 15) is 13.2 Å². The van der Waals surface area contributed by atoms with E-state index in [-0.39, 0.29) is 11.8 Å². The summed E-state index contributed by atoms with van der Waals surface area (Å²) in [5, 5.41) is 6.08. The summed E-state index contributed by atoms with van der Waals surface area (Å²) in [6.45, 7) is 2.91. The van der Waals surface area contributed by atoms with Crippen molar-refractivity contribution in [1.29, 1.82) is 0 Å². The number of allylic oxidation sites excluding steroid dienone is 4. The molecule has 0 heterocycles. The maximum atomic E-state index is 11.2. The van der Waals surface area contributed by atoms with Crippen LogP contribution in [0, 0.1) is 23.7 Å². The van der Waals surface area contributed by atoms with Crippen LogP contribution in [0.5, 0.6) is 0 Å². The number of hydrogen-bond acceptors (Lipinski definition) is 5. The zero-order valence-corrected chi connectivity index (χ0v) is 22.9. The summed E-state index contributed by atoms with van der Waals surface area (Å²) in [5.74, 6) is 0.815. The molecule has 4 aliphatic rings. The summed E-state index contributed by atoms with van der Waals surface area (Å²) in [4.78, 5) is 12.7. The highest BCUT2D eigenvalue weighted by Gasteiger charge is 2.85. The number of rotatable bonds is 3. The second-order valence-electron chi connectivity index (χ2n) is 8.86. The van der Waals surface area contributed by atoms with Crippen LogP contribution in [0.4, 0.5) is 4.79 Å². The van der Waals surface area contributed by atoms with Crippen molar-refractivity contribution in [3.05, 3.63) is 22.2 Å². The normalized spacial score (nSPS) is 38.7. The molecule has 0 radical (unpaired) electrons. The molecule has 0 aromatic rings. The van der Waals surface area contributed by atoms with Crippen LogP contribution >= 0.6 is 69.6 Å². The third-order valence-corrected chi connectivity index (χ3v) is 13.1. The Morgan fingerprint density at radius 1 is 1.12 bits per heavy atom. The first kappa shape index (κ1) is 26.7. The van der Waals surface area contributed by atoms with Gasteiger partial charge in [0.25, 0.3) is 0 Å². The minimum Gasteiger partial charge on any atom is -0.323 e. The highest BCUT2D eigenvalue weighted by molar-refractivity contribution is 7.92. The van der Waals surface area contributed by atoms with E-state index in [0.29, 0.717) is 21.9 Å². The van der Waals surface area contributed by atoms with Crippen LogP contribution in [0.3, 0.4) is 0 Å². The number of halogens is 6. The predicted octanol–water partition coefficient (Wildman–Crippen LogP) is 5.42. The Bertz CT molecular complexity index is 985. The third-order valence-electron chi connectivity index (χ3n) is 6.78. The lowest BCUT2D eigenvalue weighted by molar-refractivity contribution is 0.153. The molecule has 180 valence electrons. The standard InChI is InChI=1S/C12H8Cl6.C7H14N2O4S/c13-8-9(14)11(16)7-5-2-1-4(3-5)6(7)10(8,15)12(11,17)18;1-7(2,14(4,11)12)5-9-13-6(10)8-3/h1-2,4-7H,3H2;5H,1-4H3,(H,8,10)/b;9-5+/t4-,5+,6+,7-,10+,11-;. The van der Waals surface area contributed by atoms with E-state index in [1.54, 1.807) is 0 Å². The molecule has 0 aromatic carbocycles. The molecule has 4 rings (SSSR count). The van der Waals surface area contributed by atoms with Gasteiger partial charge in [0, 0.05) is 13.3 Å². The van der Waals surface area contributed by atoms with Gasteiger partial charge in [-0.2, -0.15) is 0 Å². The highest BCUT2D eigenvalue weighted by Crippen LogP contribution is 2.81. The van der Waals surface area contributed by atoms with Crippen LogP contribution in [0.1, 0.15) is 20.3 Å². The SMILES string of the molecule is CNC(=O)O/N=C/C(C)(C)S(C)(=O)=O.ClC1=C(Cl)[C@]2(Cl)[C@H]3[C@H]([C@@H]4C=C[C@H]3C4)[C@@]1(Cl)C2(Cl)Cl. The number of oxime groups is 1. The van der Waals surface area contributed by atoms with Crippen molar-refractivity contribution in [2.24, 2.45) is 28.8 Å². The first-order chi connectivity index (χ1) is 14.5. The van der Waals surface area contributed by atoms with Gasteiger partial charge in [0.2, 0.25) is 0 Å². The van der Waals surface area contributed by atoms with Crippen molar-refractivity contribution in [2.45, 2.75) is 39.1 Å². The fraction of sp³-hybridized carbons (Fsp3) is 0.684. The molecule has 0 saturated heterocycles. The second-order valence-corrected chi connectivity index (χ2v) is 14.7. The van der Waals surface area contributed by atoms with E-state index >= 15 is 0 Å². The first-order valence-electron chi connectivity index (χ1n) is 9.61. The molecule has 0 aliphatic heterocycles. The van der Waals surface area contributed by atoms with Crippen molar-refractivity contribution >= 4 is 91.8 Å². The predicted molar refractivity (Wildman–Crippen MR) is 131 cm³/mol. The molecule has 4 aliphatic carbocycles. The minimum absolute atomic E-state index is 0.0664. The molecule has 32 heavy (non-hydrogen) atoms. The van der Waals surface area contributed by atoms with Gasteiger partial charge in [-0.25, -0.2) is 13.2 Å². The van der Waals surface area contributed by atoms with Gasteiger partial charge in [-0.3, -0.25) is 4.84 Å². The summed E-state index contributed by atoms with van der Waals surface area (Å²) >= 11 is 39.2. The van der Waals surface area contributed by atoms with Crippen LogP contribution in [0.25, 0.3) is 0 Å². The topological polar surface area (TPSA) is 84.8 Å². The summed E-state index contributed by atoms with van der Waals surface area (Å²) in [7, 11) is -1.89. The number of carbonyl (C=O) groups excluding carboxylic acids is 1. The molecule has 6 atom stereocenters. The van der Waals surface area contributed by atoms with Crippen LogP contribution in [-0.4, -0.2) is 52.9 Å². The first-order valence-corrected chi connectivity index (χ1v) is 13.8. The fourth-order valence-electron chi connectivity index (χ4n) is 4.82. The van der Waals surface area contributed by atoms with Gasteiger partial charge in [-0.1, -0.05) is 63.7 Å². The number of fused-ring (bicyclic) bond motifs is 9. The van der Waals surface area contributed by atoms with Gasteiger partial charge < -0.3 is 5.32 Å². The lowest BCUT2D eigenvalue weighted by Gasteiger charge is -2.37. The molecule has 2 saturated carbocycles. The number of alkyl halides is 4. The summed E-state index contributed by atoms with van der Waals surface area (Å²) in [6, 6.07) is 0. The average Bonchev–Trinajstić information content (AvgIpc) is 3.36. The summed E-state index contributed by atoms with van der Waals surface area (Å²) in [5.41, 5.74) is 0. The molecule has 0 unspecified atom stereocenters. The van der Waals surface area contributed by atoms with Crippen LogP contribution in [0.15, 0.2) is 27.4 Å². The van der Waals surface area contributed by atoms with Gasteiger partial charge in [0.05, 0.1) is 16.3 Å². The van der Waals surface area contributed by atoms with Crippen LogP contribution < -0.4 is 5.32 Å². The summed E-state index contributed by atoms with van der Waals surface area (Å²) < 4.78 is 19.8. The number of sulfone groups is 1. The Hall–Kier alpha value is 0.110. The third kappa shape index (κ3) is 3.52. The van der Waals surface area contributed by atoms with Gasteiger partial charge >= 0.3 is 6.09 Å². The number of hydrogen-bond donors (Lipinski definition) is 1. The molecule has 6 nitrogen and oxygen atoms in total. The Kier molecular flexibility index (Phi) is 6.97. The molecule has 0 spiro atoms. The molecule has 1 N–H and O–H groups in total. The smallest absolute Gasteiger partial charge is 0.323 e. The van der Waals surface area contributed by atoms with E-state index in [1.165, 1.54) is 20.9 Å². The Morgan fingerprint density at radius 3 is 1.94 bits per heavy atom. The second kappa shape index (κ2) is 8.35.